The molecule has 3 aromatic heterocycles. The summed E-state index contributed by atoms with van der Waals surface area (Å²) >= 11 is 0. The summed E-state index contributed by atoms with van der Waals surface area (Å²) in [6.07, 6.45) is 0. The maximum atomic E-state index is 9.99. The number of hydrogen-bond donors (Lipinski definition) is 0. The van der Waals surface area contributed by atoms with Crippen molar-refractivity contribution in [2.75, 3.05) is 9.80 Å². The van der Waals surface area contributed by atoms with Gasteiger partial charge in [0.2, 0.25) is 0 Å². The number of fused-ring (bicyclic) bond motifs is 13. The predicted octanol–water partition coefficient (Wildman–Crippen LogP) is 25.6. The monoisotopic (exact) mass is 1400 g/mol. The predicted molar refractivity (Wildman–Crippen MR) is 461 cm³/mol. The van der Waals surface area contributed by atoms with Crippen molar-refractivity contribution in [1.29, 1.82) is 0 Å². The van der Waals surface area contributed by atoms with E-state index in [1.54, 1.807) is 4.57 Å². The summed E-state index contributed by atoms with van der Waals surface area (Å²) < 4.78 is 130. The first-order chi connectivity index (χ1) is 57.9. The number of para-hydroxylation sites is 4. The molecule has 2 aliphatic rings. The fraction of sp³-hybridized carbons (Fsp3) is 0.118. The maximum absolute atomic E-state index is 9.99. The van der Waals surface area contributed by atoms with Gasteiger partial charge in [0.1, 0.15) is 0 Å². The highest BCUT2D eigenvalue weighted by Crippen LogP contribution is 2.56. The standard InChI is InChI=1S/C102H82BN5/c1-100(2,3)70-48-54-89-82(58-70)83-59-71(101(4,5)6)49-55-90(83)106(89)75-63-94-97-95(64-75)108(99-76(66-33-17-11-18-34-66)51-56-91-96(99)79-43-27-30-46-88(79)104(91)73-39-23-14-24-40-73)93-62-74(105-86-44-28-25-41-77(86)78-42-26-29-45-87(78)105)50-53-85(93)103(97)84-52-47-69(65-31-15-10-16-32-65)57-92(84)107(94)98-80(67-35-19-12-20-36-67)60-72(102(7,8)9)61-81(98)68-37-21-13-22-38-68/h10-64H,1-9H3/i10D,15D,16D,25D,26D,28D,29D,31D,32D,41D,42D,44D,45D. The molecule has 0 aliphatic carbocycles. The van der Waals surface area contributed by atoms with Crippen LogP contribution in [0.5, 0.6) is 0 Å². The lowest BCUT2D eigenvalue weighted by Gasteiger charge is -2.46. The second-order valence-electron chi connectivity index (χ2n) is 31.9. The summed E-state index contributed by atoms with van der Waals surface area (Å²) in [5.74, 6) is 0. The summed E-state index contributed by atoms with van der Waals surface area (Å²) in [6, 6.07) is 83.4. The average Bonchev–Trinajstić information content (AvgIpc) is 1.67. The Bertz CT molecular complexity index is 7270. The van der Waals surface area contributed by atoms with Gasteiger partial charge >= 0.3 is 0 Å². The fourth-order valence-corrected chi connectivity index (χ4v) is 17.1. The third-order valence-corrected chi connectivity index (χ3v) is 22.4. The quantitative estimate of drug-likeness (QED) is 0.134. The molecule has 0 fully saturated rings. The zero-order chi connectivity index (χ0) is 84.4. The highest BCUT2D eigenvalue weighted by atomic mass is 15.2. The molecular formula is C102H82BN5. The van der Waals surface area contributed by atoms with Crippen molar-refractivity contribution in [3.63, 3.8) is 0 Å². The highest BCUT2D eigenvalue weighted by Gasteiger charge is 2.46. The molecule has 0 atom stereocenters. The normalized spacial score (nSPS) is 14.7. The minimum Gasteiger partial charge on any atom is -0.310 e. The van der Waals surface area contributed by atoms with E-state index in [2.05, 4.69) is 275 Å². The molecule has 518 valence electrons. The van der Waals surface area contributed by atoms with E-state index in [0.29, 0.717) is 22.6 Å². The van der Waals surface area contributed by atoms with Gasteiger partial charge in [0.05, 0.1) is 68.0 Å². The third-order valence-electron chi connectivity index (χ3n) is 22.4. The summed E-state index contributed by atoms with van der Waals surface area (Å²) in [5.41, 5.74) is 20.7. The van der Waals surface area contributed by atoms with Gasteiger partial charge in [-0.25, -0.2) is 0 Å². The van der Waals surface area contributed by atoms with E-state index in [9.17, 15) is 16.4 Å². The molecule has 18 aromatic rings. The van der Waals surface area contributed by atoms with Gasteiger partial charge < -0.3 is 23.5 Å². The molecule has 5 nitrogen and oxygen atoms in total. The fourth-order valence-electron chi connectivity index (χ4n) is 17.1. The van der Waals surface area contributed by atoms with E-state index >= 15 is 0 Å². The van der Waals surface area contributed by atoms with E-state index < -0.39 is 78.6 Å². The second-order valence-corrected chi connectivity index (χ2v) is 31.9. The van der Waals surface area contributed by atoms with Gasteiger partial charge in [-0.2, -0.15) is 0 Å². The van der Waals surface area contributed by atoms with Crippen LogP contribution in [0.3, 0.4) is 0 Å². The van der Waals surface area contributed by atoms with Crippen LogP contribution < -0.4 is 26.2 Å². The van der Waals surface area contributed by atoms with Crippen LogP contribution in [-0.4, -0.2) is 20.4 Å². The summed E-state index contributed by atoms with van der Waals surface area (Å²) in [7, 11) is 0. The molecule has 0 N–H and O–H groups in total. The van der Waals surface area contributed by atoms with E-state index in [1.165, 1.54) is 0 Å². The van der Waals surface area contributed by atoms with Crippen molar-refractivity contribution in [2.45, 2.75) is 78.6 Å². The van der Waals surface area contributed by atoms with Crippen LogP contribution in [0.1, 0.15) is 96.8 Å². The van der Waals surface area contributed by atoms with Crippen molar-refractivity contribution >= 4 is 123 Å². The van der Waals surface area contributed by atoms with E-state index in [0.717, 1.165) is 144 Å². The highest BCUT2D eigenvalue weighted by molar-refractivity contribution is 7.00. The molecule has 0 saturated heterocycles. The maximum Gasteiger partial charge on any atom is 0.252 e. The van der Waals surface area contributed by atoms with Gasteiger partial charge in [0.15, 0.2) is 0 Å². The first-order valence-corrected chi connectivity index (χ1v) is 37.1. The Kier molecular flexibility index (Phi) is 11.9. The molecule has 0 amide bonds. The number of rotatable bonds is 9. The van der Waals surface area contributed by atoms with Gasteiger partial charge in [-0.3, -0.25) is 0 Å². The molecule has 6 heteroatoms. The molecule has 15 aromatic carbocycles. The third kappa shape index (κ3) is 10.2. The zero-order valence-electron chi connectivity index (χ0n) is 74.6. The molecule has 0 saturated carbocycles. The van der Waals surface area contributed by atoms with Crippen molar-refractivity contribution in [1.82, 2.24) is 13.7 Å². The van der Waals surface area contributed by atoms with Crippen LogP contribution in [0, 0.1) is 0 Å². The van der Waals surface area contributed by atoms with Gasteiger partial charge in [-0.1, -0.05) is 293 Å². The van der Waals surface area contributed by atoms with Crippen molar-refractivity contribution in [3.05, 3.63) is 350 Å². The Hall–Kier alpha value is -12.6. The number of benzene rings is 15. The van der Waals surface area contributed by atoms with Gasteiger partial charge in [0.25, 0.3) is 6.71 Å². The van der Waals surface area contributed by atoms with Crippen LogP contribution in [0.25, 0.3) is 127 Å². The van der Waals surface area contributed by atoms with Crippen LogP contribution >= 0.6 is 0 Å². The number of anilines is 6. The smallest absolute Gasteiger partial charge is 0.252 e. The lowest BCUT2D eigenvalue weighted by atomic mass is 9.33. The van der Waals surface area contributed by atoms with E-state index in [-0.39, 0.29) is 50.3 Å². The van der Waals surface area contributed by atoms with Crippen LogP contribution in [-0.2, 0) is 16.2 Å². The Labute approximate surface area is 650 Å². The van der Waals surface area contributed by atoms with Crippen LogP contribution in [0.2, 0.25) is 0 Å². The number of nitrogens with zero attached hydrogens (tertiary/aromatic N) is 5. The lowest BCUT2D eigenvalue weighted by molar-refractivity contribution is 0.590. The molecule has 2 aliphatic heterocycles. The topological polar surface area (TPSA) is 21.3 Å². The summed E-state index contributed by atoms with van der Waals surface area (Å²) in [6.45, 7) is 19.4. The van der Waals surface area contributed by atoms with Crippen LogP contribution in [0.4, 0.5) is 34.1 Å². The van der Waals surface area contributed by atoms with Gasteiger partial charge in [-0.15, -0.1) is 0 Å². The number of aromatic nitrogens is 3. The summed E-state index contributed by atoms with van der Waals surface area (Å²) in [5, 5.41) is 3.82. The Morgan fingerprint density at radius 1 is 0.269 bits per heavy atom. The van der Waals surface area contributed by atoms with E-state index in [1.807, 2.05) is 60.7 Å². The molecule has 0 spiro atoms. The first kappa shape index (κ1) is 52.3. The first-order valence-electron chi connectivity index (χ1n) is 43.6. The molecule has 20 rings (SSSR count). The molecular weight excluding hydrogens is 1310 g/mol. The van der Waals surface area contributed by atoms with Crippen molar-refractivity contribution in [3.8, 4) is 61.6 Å². The van der Waals surface area contributed by atoms with Crippen molar-refractivity contribution < 1.29 is 17.8 Å². The van der Waals surface area contributed by atoms with Crippen LogP contribution in [0.15, 0.2) is 333 Å². The minimum atomic E-state index is -0.756. The van der Waals surface area contributed by atoms with Gasteiger partial charge in [-0.05, 0) is 180 Å². The SMILES string of the molecule is [2H]c1c([2H])c([2H])c(-c2ccc3c(c2)N(c2c(-c4ccccc4)cc(C(C)(C)C)cc2-c2ccccc2)c2cc(-n4c5ccc(C(C)(C)C)cc5c5cc(C(C)(C)C)ccc54)cc4c2B3c2ccc(-n3c5c([2H])c([2H])c([2H])c([2H])c5c5c([2H])c([2H])c([2H])c([2H])c53)cc2N4c2c(-c3ccccc3)ccc3c2c2ccccc2n3-c2ccccc2)c([2H])c1[2H]. The lowest BCUT2D eigenvalue weighted by Crippen LogP contribution is -2.61. The minimum absolute atomic E-state index is 0.0244. The molecule has 5 heterocycles. The Balaban J connectivity index is 1.05. The Morgan fingerprint density at radius 2 is 0.713 bits per heavy atom. The van der Waals surface area contributed by atoms with Gasteiger partial charge in [0, 0.05) is 83.1 Å². The average molecular weight is 1400 g/mol. The molecule has 0 radical (unpaired) electrons. The Morgan fingerprint density at radius 3 is 1.28 bits per heavy atom. The number of hydrogen-bond acceptors (Lipinski definition) is 2. The van der Waals surface area contributed by atoms with E-state index in [4.69, 9.17) is 1.37 Å². The largest absolute Gasteiger partial charge is 0.310 e. The van der Waals surface area contributed by atoms with Crippen molar-refractivity contribution in [2.24, 2.45) is 0 Å². The molecule has 0 bridgehead atoms. The molecule has 0 unspecified atom stereocenters. The second kappa shape index (κ2) is 24.5. The molecule has 108 heavy (non-hydrogen) atoms. The summed E-state index contributed by atoms with van der Waals surface area (Å²) in [4.78, 5) is 4.79. The zero-order valence-corrected chi connectivity index (χ0v) is 61.6.